The molecule has 1 rings (SSSR count). The quantitative estimate of drug-likeness (QED) is 0.597. The van der Waals surface area contributed by atoms with Gasteiger partial charge in [0.05, 0.1) is 11.0 Å². The second-order valence-electron chi connectivity index (χ2n) is 4.23. The summed E-state index contributed by atoms with van der Waals surface area (Å²) in [7, 11) is 0. The van der Waals surface area contributed by atoms with Gasteiger partial charge in [0.15, 0.2) is 0 Å². The molecule has 0 bridgehead atoms. The lowest BCUT2D eigenvalue weighted by molar-refractivity contribution is -0.139. The summed E-state index contributed by atoms with van der Waals surface area (Å²) in [4.78, 5) is 21.4. The molecule has 0 aromatic rings. The number of hydrogen-bond donors (Lipinski definition) is 1. The van der Waals surface area contributed by atoms with Crippen molar-refractivity contribution in [3.8, 4) is 0 Å². The number of allylic oxidation sites excluding steroid dienone is 1. The first-order valence-electron chi connectivity index (χ1n) is 4.54. The molecule has 2 unspecified atom stereocenters. The maximum Gasteiger partial charge on any atom is 0.307 e. The molecule has 84 valence electrons. The molecular formula is C10H13ClO4. The van der Waals surface area contributed by atoms with Gasteiger partial charge < -0.3 is 9.84 Å². The number of ether oxygens (including phenoxy) is 1. The van der Waals surface area contributed by atoms with Crippen LogP contribution in [0.3, 0.4) is 0 Å². The Balaban J connectivity index is 2.71. The van der Waals surface area contributed by atoms with Gasteiger partial charge in [-0.15, -0.1) is 0 Å². The van der Waals surface area contributed by atoms with E-state index in [2.05, 4.69) is 4.74 Å². The predicted molar refractivity (Wildman–Crippen MR) is 54.1 cm³/mol. The van der Waals surface area contributed by atoms with E-state index in [9.17, 15) is 9.59 Å². The summed E-state index contributed by atoms with van der Waals surface area (Å²) < 4.78 is 4.60. The van der Waals surface area contributed by atoms with Crippen molar-refractivity contribution in [3.63, 3.8) is 0 Å². The van der Waals surface area contributed by atoms with Gasteiger partial charge in [-0.1, -0.05) is 25.4 Å². The summed E-state index contributed by atoms with van der Waals surface area (Å²) in [6, 6.07) is 0. The number of carbonyl (C=O) groups excluding carboxylic acids is 1. The van der Waals surface area contributed by atoms with Crippen LogP contribution < -0.4 is 0 Å². The third-order valence-electron chi connectivity index (χ3n) is 2.73. The van der Waals surface area contributed by atoms with Crippen molar-refractivity contribution in [2.24, 2.45) is 17.3 Å². The molecule has 0 amide bonds. The highest BCUT2D eigenvalue weighted by atomic mass is 35.5. The molecule has 1 fully saturated rings. The summed E-state index contributed by atoms with van der Waals surface area (Å²) in [6.07, 6.45) is 1.12. The molecule has 15 heavy (non-hydrogen) atoms. The van der Waals surface area contributed by atoms with Gasteiger partial charge in [-0.25, -0.2) is 0 Å². The average Bonchev–Trinajstić information content (AvgIpc) is 2.65. The van der Waals surface area contributed by atoms with Crippen LogP contribution in [0.5, 0.6) is 0 Å². The Bertz CT molecular complexity index is 332. The minimum absolute atomic E-state index is 0.268. The van der Waals surface area contributed by atoms with Crippen LogP contribution in [-0.2, 0) is 14.3 Å². The van der Waals surface area contributed by atoms with Crippen LogP contribution >= 0.6 is 11.6 Å². The summed E-state index contributed by atoms with van der Waals surface area (Å²) in [5.41, 5.74) is -0.375. The standard InChI is InChI=1S/C10H13ClO4/c1-5(12)15-4-6(11)7-8(9(13)14)10(7,2)3/h4,7-8H,1-3H3,(H,13,14)/b6-4-. The Morgan fingerprint density at radius 1 is 1.40 bits per heavy atom. The number of carbonyl (C=O) groups is 2. The molecule has 0 aromatic heterocycles. The second-order valence-corrected chi connectivity index (χ2v) is 4.66. The molecule has 2 atom stereocenters. The van der Waals surface area contributed by atoms with Gasteiger partial charge in [-0.3, -0.25) is 9.59 Å². The smallest absolute Gasteiger partial charge is 0.307 e. The molecule has 0 radical (unpaired) electrons. The maximum absolute atomic E-state index is 10.8. The van der Waals surface area contributed by atoms with Gasteiger partial charge in [0.2, 0.25) is 0 Å². The maximum atomic E-state index is 10.8. The highest BCUT2D eigenvalue weighted by Gasteiger charge is 2.63. The van der Waals surface area contributed by atoms with E-state index in [0.717, 1.165) is 6.26 Å². The zero-order valence-corrected chi connectivity index (χ0v) is 9.54. The van der Waals surface area contributed by atoms with Crippen LogP contribution in [0.1, 0.15) is 20.8 Å². The molecule has 0 aromatic carbocycles. The lowest BCUT2D eigenvalue weighted by atomic mass is 10.1. The highest BCUT2D eigenvalue weighted by Crippen LogP contribution is 2.62. The van der Waals surface area contributed by atoms with E-state index in [1.165, 1.54) is 6.92 Å². The number of hydrogen-bond acceptors (Lipinski definition) is 3. The fraction of sp³-hybridized carbons (Fsp3) is 0.600. The number of carboxylic acid groups (broad SMARTS) is 1. The van der Waals surface area contributed by atoms with Gasteiger partial charge >= 0.3 is 11.9 Å². The normalized spacial score (nSPS) is 28.4. The Hall–Kier alpha value is -1.03. The molecule has 0 aliphatic heterocycles. The third kappa shape index (κ3) is 2.31. The molecule has 4 nitrogen and oxygen atoms in total. The number of esters is 1. The lowest BCUT2D eigenvalue weighted by Gasteiger charge is -2.00. The van der Waals surface area contributed by atoms with Gasteiger partial charge in [0.1, 0.15) is 6.26 Å². The topological polar surface area (TPSA) is 63.6 Å². The molecule has 1 N–H and O–H groups in total. The minimum Gasteiger partial charge on any atom is -0.481 e. The lowest BCUT2D eigenvalue weighted by Crippen LogP contribution is -2.03. The first-order chi connectivity index (χ1) is 6.78. The van der Waals surface area contributed by atoms with Gasteiger partial charge in [-0.2, -0.15) is 0 Å². The number of aliphatic carboxylic acids is 1. The van der Waals surface area contributed by atoms with Gasteiger partial charge in [0, 0.05) is 12.8 Å². The van der Waals surface area contributed by atoms with Crippen LogP contribution in [0.25, 0.3) is 0 Å². The van der Waals surface area contributed by atoms with Gasteiger partial charge in [0.25, 0.3) is 0 Å². The van der Waals surface area contributed by atoms with Crippen molar-refractivity contribution < 1.29 is 19.4 Å². The summed E-state index contributed by atoms with van der Waals surface area (Å²) >= 11 is 5.87. The van der Waals surface area contributed by atoms with Crippen LogP contribution in [0.2, 0.25) is 0 Å². The van der Waals surface area contributed by atoms with E-state index in [0.29, 0.717) is 0 Å². The summed E-state index contributed by atoms with van der Waals surface area (Å²) in [5.74, 6) is -2.12. The van der Waals surface area contributed by atoms with Crippen molar-refractivity contribution in [1.82, 2.24) is 0 Å². The molecule has 1 aliphatic carbocycles. The largest absolute Gasteiger partial charge is 0.481 e. The van der Waals surface area contributed by atoms with E-state index in [1.807, 2.05) is 13.8 Å². The summed E-state index contributed by atoms with van der Waals surface area (Å²) in [5, 5.41) is 9.17. The van der Waals surface area contributed by atoms with Crippen LogP contribution in [-0.4, -0.2) is 17.0 Å². The van der Waals surface area contributed by atoms with E-state index < -0.39 is 17.9 Å². The van der Waals surface area contributed by atoms with E-state index in [1.54, 1.807) is 0 Å². The molecule has 0 spiro atoms. The first kappa shape index (κ1) is 12.0. The van der Waals surface area contributed by atoms with E-state index in [4.69, 9.17) is 16.7 Å². The Morgan fingerprint density at radius 3 is 2.27 bits per heavy atom. The van der Waals surface area contributed by atoms with Crippen molar-refractivity contribution >= 4 is 23.5 Å². The van der Waals surface area contributed by atoms with Crippen LogP contribution in [0, 0.1) is 17.3 Å². The zero-order valence-electron chi connectivity index (χ0n) is 8.78. The zero-order chi connectivity index (χ0) is 11.8. The fourth-order valence-corrected chi connectivity index (χ4v) is 2.28. The molecule has 5 heteroatoms. The number of halogens is 1. The molecule has 1 saturated carbocycles. The van der Waals surface area contributed by atoms with Crippen molar-refractivity contribution in [1.29, 1.82) is 0 Å². The third-order valence-corrected chi connectivity index (χ3v) is 3.05. The highest BCUT2D eigenvalue weighted by molar-refractivity contribution is 6.30. The van der Waals surface area contributed by atoms with E-state index >= 15 is 0 Å². The minimum atomic E-state index is -0.876. The first-order valence-corrected chi connectivity index (χ1v) is 4.92. The van der Waals surface area contributed by atoms with Crippen molar-refractivity contribution in [3.05, 3.63) is 11.3 Å². The average molecular weight is 233 g/mol. The monoisotopic (exact) mass is 232 g/mol. The molecule has 1 aliphatic rings. The SMILES string of the molecule is CC(=O)O/C=C(\Cl)C1C(C(=O)O)C1(C)C. The van der Waals surface area contributed by atoms with Gasteiger partial charge in [-0.05, 0) is 5.41 Å². The number of rotatable bonds is 3. The van der Waals surface area contributed by atoms with Crippen LogP contribution in [0.4, 0.5) is 0 Å². The Morgan fingerprint density at radius 2 is 1.93 bits per heavy atom. The predicted octanol–water partition coefficient (Wildman–Crippen LogP) is 1.99. The van der Waals surface area contributed by atoms with E-state index in [-0.39, 0.29) is 16.4 Å². The fourth-order valence-electron chi connectivity index (χ4n) is 1.83. The Labute approximate surface area is 92.9 Å². The summed E-state index contributed by atoms with van der Waals surface area (Å²) in [6.45, 7) is 4.90. The molecule has 0 saturated heterocycles. The number of carboxylic acids is 1. The van der Waals surface area contributed by atoms with Crippen LogP contribution in [0.15, 0.2) is 11.3 Å². The van der Waals surface area contributed by atoms with Crippen molar-refractivity contribution in [2.45, 2.75) is 20.8 Å². The molecular weight excluding hydrogens is 220 g/mol. The Kier molecular flexibility index (Phi) is 3.09. The second kappa shape index (κ2) is 3.85. The van der Waals surface area contributed by atoms with Crippen molar-refractivity contribution in [2.75, 3.05) is 0 Å². The molecule has 0 heterocycles.